The average molecular weight is 538 g/mol. The fraction of sp³-hybridized carbons (Fsp3) is 0.533. The van der Waals surface area contributed by atoms with Crippen molar-refractivity contribution in [3.05, 3.63) is 59.4 Å². The molecule has 9 heteroatoms. The number of rotatable bonds is 16. The number of amides is 3. The van der Waals surface area contributed by atoms with Gasteiger partial charge < -0.3 is 26.0 Å². The highest BCUT2D eigenvalue weighted by molar-refractivity contribution is 5.91. The van der Waals surface area contributed by atoms with Crippen molar-refractivity contribution in [2.24, 2.45) is 5.92 Å². The normalized spacial score (nSPS) is 14.3. The summed E-state index contributed by atoms with van der Waals surface area (Å²) in [6.07, 6.45) is 8.20. The molecule has 0 aliphatic heterocycles. The van der Waals surface area contributed by atoms with Crippen molar-refractivity contribution in [3.63, 3.8) is 0 Å². The van der Waals surface area contributed by atoms with Gasteiger partial charge in [-0.1, -0.05) is 38.5 Å². The summed E-state index contributed by atoms with van der Waals surface area (Å²) in [5.74, 6) is -0.503. The summed E-state index contributed by atoms with van der Waals surface area (Å²) in [7, 11) is 1.62. The second-order valence-electron chi connectivity index (χ2n) is 10.3. The van der Waals surface area contributed by atoms with Crippen LogP contribution in [0.1, 0.15) is 68.8 Å². The van der Waals surface area contributed by atoms with Crippen LogP contribution in [-0.2, 0) is 27.2 Å². The minimum Gasteiger partial charge on any atom is -0.508 e. The molecule has 2 aromatic rings. The molecule has 1 aromatic carbocycles. The van der Waals surface area contributed by atoms with Crippen LogP contribution in [0.2, 0.25) is 0 Å². The number of aromatic hydroxyl groups is 1. The van der Waals surface area contributed by atoms with E-state index in [0.717, 1.165) is 50.8 Å². The Morgan fingerprint density at radius 1 is 1.05 bits per heavy atom. The molecule has 0 saturated heterocycles. The van der Waals surface area contributed by atoms with E-state index in [1.807, 2.05) is 6.07 Å². The zero-order valence-electron chi connectivity index (χ0n) is 23.4. The largest absolute Gasteiger partial charge is 0.508 e. The molecule has 0 bridgehead atoms. The van der Waals surface area contributed by atoms with E-state index in [9.17, 15) is 19.5 Å². The smallest absolute Gasteiger partial charge is 0.247 e. The third-order valence-electron chi connectivity index (χ3n) is 6.92. The van der Waals surface area contributed by atoms with Gasteiger partial charge in [-0.25, -0.2) is 0 Å². The van der Waals surface area contributed by atoms with E-state index in [-0.39, 0.29) is 30.2 Å². The lowest BCUT2D eigenvalue weighted by molar-refractivity contribution is -0.137. The van der Waals surface area contributed by atoms with Gasteiger partial charge in [0.25, 0.3) is 0 Å². The van der Waals surface area contributed by atoms with Crippen LogP contribution in [0.15, 0.2) is 42.6 Å². The molecule has 1 saturated carbocycles. The summed E-state index contributed by atoms with van der Waals surface area (Å²) < 4.78 is 0. The summed E-state index contributed by atoms with van der Waals surface area (Å²) in [5, 5.41) is 18.7. The Hall–Kier alpha value is -3.46. The molecule has 1 fully saturated rings. The first-order valence-electron chi connectivity index (χ1n) is 14.1. The summed E-state index contributed by atoms with van der Waals surface area (Å²) >= 11 is 0. The number of aromatic nitrogens is 1. The van der Waals surface area contributed by atoms with Gasteiger partial charge in [0.2, 0.25) is 17.7 Å². The van der Waals surface area contributed by atoms with Gasteiger partial charge in [-0.05, 0) is 80.3 Å². The molecule has 212 valence electrons. The molecule has 0 spiro atoms. The number of benzene rings is 1. The van der Waals surface area contributed by atoms with Crippen molar-refractivity contribution in [1.29, 1.82) is 0 Å². The van der Waals surface area contributed by atoms with E-state index in [1.54, 1.807) is 25.4 Å². The fourth-order valence-corrected chi connectivity index (χ4v) is 4.65. The van der Waals surface area contributed by atoms with Crippen molar-refractivity contribution in [2.75, 3.05) is 26.7 Å². The van der Waals surface area contributed by atoms with Gasteiger partial charge in [-0.2, -0.15) is 0 Å². The molecule has 1 aliphatic rings. The van der Waals surface area contributed by atoms with Crippen LogP contribution < -0.4 is 16.0 Å². The highest BCUT2D eigenvalue weighted by atomic mass is 16.3. The molecule has 2 unspecified atom stereocenters. The predicted octanol–water partition coefficient (Wildman–Crippen LogP) is 2.88. The van der Waals surface area contributed by atoms with Gasteiger partial charge in [-0.15, -0.1) is 0 Å². The van der Waals surface area contributed by atoms with Gasteiger partial charge in [-0.3, -0.25) is 19.4 Å². The molecular weight excluding hydrogens is 494 g/mol. The minimum atomic E-state index is -0.954. The zero-order valence-corrected chi connectivity index (χ0v) is 23.4. The van der Waals surface area contributed by atoms with Gasteiger partial charge in [0.05, 0.1) is 12.6 Å². The Balaban J connectivity index is 1.59. The van der Waals surface area contributed by atoms with Gasteiger partial charge in [0, 0.05) is 25.5 Å². The number of aryl methyl sites for hydroxylation is 2. The van der Waals surface area contributed by atoms with Crippen molar-refractivity contribution in [3.8, 4) is 5.75 Å². The number of likely N-dealkylation sites (N-methyl/N-ethyl adjacent to an activating group) is 1. The molecule has 4 N–H and O–H groups in total. The molecule has 1 aromatic heterocycles. The standard InChI is InChI=1S/C30H43N5O4/c1-4-8-21-9-6-18-31-25(21)10-7-19-33-29(38)27(22-13-15-24(36)16-14-22)34-26(37)20-35(3)30(39)28(23-11-12-23)32-17-5-2/h6,9,13-16,18,23,27-28,32,36H,4-5,7-8,10-12,17,19-20H2,1-3H3,(H,33,38)(H,34,37). The lowest BCUT2D eigenvalue weighted by atomic mass is 10.0. The first-order chi connectivity index (χ1) is 18.8. The molecular formula is C30H43N5O4. The van der Waals surface area contributed by atoms with Crippen molar-refractivity contribution in [1.82, 2.24) is 25.8 Å². The molecule has 1 aliphatic carbocycles. The third-order valence-corrected chi connectivity index (χ3v) is 6.92. The SMILES string of the molecule is CCCNC(C(=O)N(C)CC(=O)NC(C(=O)NCCCc1ncccc1CCC)c1ccc(O)cc1)C1CC1. The van der Waals surface area contributed by atoms with Gasteiger partial charge in [0.15, 0.2) is 0 Å². The van der Waals surface area contributed by atoms with E-state index < -0.39 is 11.9 Å². The third kappa shape index (κ3) is 9.35. The first kappa shape index (κ1) is 30.1. The van der Waals surface area contributed by atoms with Crippen LogP contribution in [0.5, 0.6) is 5.75 Å². The van der Waals surface area contributed by atoms with Crippen LogP contribution >= 0.6 is 0 Å². The second-order valence-corrected chi connectivity index (χ2v) is 10.3. The number of hydrogen-bond donors (Lipinski definition) is 4. The monoisotopic (exact) mass is 537 g/mol. The fourth-order valence-electron chi connectivity index (χ4n) is 4.65. The van der Waals surface area contributed by atoms with Crippen LogP contribution in [0.4, 0.5) is 0 Å². The second kappa shape index (κ2) is 15.2. The van der Waals surface area contributed by atoms with Gasteiger partial charge in [0.1, 0.15) is 11.8 Å². The number of hydrogen-bond acceptors (Lipinski definition) is 6. The molecule has 1 heterocycles. The number of pyridine rings is 1. The topological polar surface area (TPSA) is 124 Å². The first-order valence-corrected chi connectivity index (χ1v) is 14.1. The van der Waals surface area contributed by atoms with Crippen LogP contribution in [0.3, 0.4) is 0 Å². The van der Waals surface area contributed by atoms with Crippen molar-refractivity contribution in [2.45, 2.75) is 70.9 Å². The molecule has 3 rings (SSSR count). The van der Waals surface area contributed by atoms with E-state index in [2.05, 4.69) is 40.8 Å². The Kier molecular flexibility index (Phi) is 11.7. The highest BCUT2D eigenvalue weighted by Crippen LogP contribution is 2.33. The van der Waals surface area contributed by atoms with Crippen LogP contribution in [0.25, 0.3) is 0 Å². The number of nitrogens with one attached hydrogen (secondary N) is 3. The molecule has 0 radical (unpaired) electrons. The number of phenols is 1. The number of phenolic OH excluding ortho intramolecular Hbond substituents is 1. The Bertz CT molecular complexity index is 1090. The highest BCUT2D eigenvalue weighted by Gasteiger charge is 2.37. The van der Waals surface area contributed by atoms with Crippen LogP contribution in [-0.4, -0.2) is 65.4 Å². The number of carbonyl (C=O) groups is 3. The maximum Gasteiger partial charge on any atom is 0.247 e. The minimum absolute atomic E-state index is 0.0681. The van der Waals surface area contributed by atoms with E-state index in [1.165, 1.54) is 22.6 Å². The number of carbonyl (C=O) groups excluding carboxylic acids is 3. The molecule has 39 heavy (non-hydrogen) atoms. The molecule has 9 nitrogen and oxygen atoms in total. The Morgan fingerprint density at radius 2 is 1.79 bits per heavy atom. The summed E-state index contributed by atoms with van der Waals surface area (Å²) in [5.41, 5.74) is 2.82. The maximum absolute atomic E-state index is 13.2. The lowest BCUT2D eigenvalue weighted by Crippen LogP contribution is -2.50. The lowest BCUT2D eigenvalue weighted by Gasteiger charge is -2.25. The Morgan fingerprint density at radius 3 is 2.46 bits per heavy atom. The summed E-state index contributed by atoms with van der Waals surface area (Å²) in [6.45, 7) is 5.20. The summed E-state index contributed by atoms with van der Waals surface area (Å²) in [6, 6.07) is 8.98. The summed E-state index contributed by atoms with van der Waals surface area (Å²) in [4.78, 5) is 45.1. The van der Waals surface area contributed by atoms with Crippen molar-refractivity contribution >= 4 is 17.7 Å². The maximum atomic E-state index is 13.2. The molecule has 2 atom stereocenters. The quantitative estimate of drug-likeness (QED) is 0.244. The zero-order chi connectivity index (χ0) is 28.2. The van der Waals surface area contributed by atoms with Gasteiger partial charge >= 0.3 is 0 Å². The Labute approximate surface area is 231 Å². The van der Waals surface area contributed by atoms with E-state index in [4.69, 9.17) is 0 Å². The molecule has 3 amide bonds. The predicted molar refractivity (Wildman–Crippen MR) is 151 cm³/mol. The van der Waals surface area contributed by atoms with E-state index >= 15 is 0 Å². The van der Waals surface area contributed by atoms with E-state index in [0.29, 0.717) is 24.4 Å². The van der Waals surface area contributed by atoms with Crippen molar-refractivity contribution < 1.29 is 19.5 Å². The number of nitrogens with zero attached hydrogens (tertiary/aromatic N) is 2. The van der Waals surface area contributed by atoms with Crippen LogP contribution in [0, 0.1) is 5.92 Å². The average Bonchev–Trinajstić information content (AvgIpc) is 3.77.